The van der Waals surface area contributed by atoms with Crippen LogP contribution < -0.4 is 0 Å². The van der Waals surface area contributed by atoms with Gasteiger partial charge in [0, 0.05) is 37.3 Å². The normalized spacial score (nSPS) is 19.0. The first-order valence-electron chi connectivity index (χ1n) is 6.98. The highest BCUT2D eigenvalue weighted by atomic mass is 32.3. The van der Waals surface area contributed by atoms with E-state index < -0.39 is 15.5 Å². The minimum Gasteiger partial charge on any atom is -0.341 e. The topological polar surface area (TPSA) is 67.3 Å². The number of carbonyl (C=O) groups excluding carboxylic acids is 1. The van der Waals surface area contributed by atoms with Crippen LogP contribution in [0.1, 0.15) is 12.0 Å². The number of benzene rings is 1. The number of carbonyl (C=O) groups is 1. The van der Waals surface area contributed by atoms with E-state index in [2.05, 4.69) is 4.98 Å². The molecular formula is C15H15FN2O3S. The predicted octanol–water partition coefficient (Wildman–Crippen LogP) is 1.68. The average molecular weight is 322 g/mol. The summed E-state index contributed by atoms with van der Waals surface area (Å²) < 4.78 is 34.8. The third-order valence-corrected chi connectivity index (χ3v) is 5.11. The Labute approximate surface area is 128 Å². The lowest BCUT2D eigenvalue weighted by Crippen LogP contribution is -2.29. The van der Waals surface area contributed by atoms with Gasteiger partial charge in [0.25, 0.3) is 0 Å². The molecule has 116 valence electrons. The third kappa shape index (κ3) is 2.94. The number of hydrogen-bond donors (Lipinski definition) is 0. The van der Waals surface area contributed by atoms with Gasteiger partial charge in [0.1, 0.15) is 5.25 Å². The second-order valence-corrected chi connectivity index (χ2v) is 7.02. The summed E-state index contributed by atoms with van der Waals surface area (Å²) in [6, 6.07) is 7.75. The third-order valence-electron chi connectivity index (χ3n) is 4.00. The van der Waals surface area contributed by atoms with E-state index in [1.165, 1.54) is 4.90 Å². The van der Waals surface area contributed by atoms with Crippen LogP contribution >= 0.6 is 0 Å². The van der Waals surface area contributed by atoms with Gasteiger partial charge in [-0.05, 0) is 23.4 Å². The molecule has 1 atom stereocenters. The van der Waals surface area contributed by atoms with Gasteiger partial charge in [-0.2, -0.15) is 8.42 Å². The summed E-state index contributed by atoms with van der Waals surface area (Å²) in [5, 5.41) is 0.840. The van der Waals surface area contributed by atoms with Gasteiger partial charge in [-0.1, -0.05) is 18.2 Å². The largest absolute Gasteiger partial charge is 0.341 e. The van der Waals surface area contributed by atoms with Gasteiger partial charge < -0.3 is 4.90 Å². The zero-order valence-electron chi connectivity index (χ0n) is 11.8. The van der Waals surface area contributed by atoms with Crippen molar-refractivity contribution in [2.75, 3.05) is 13.1 Å². The van der Waals surface area contributed by atoms with Crippen LogP contribution in [0, 0.1) is 0 Å². The minimum atomic E-state index is -4.66. The number of aromatic nitrogens is 1. The molecule has 0 radical (unpaired) electrons. The number of nitrogens with zero attached hydrogens (tertiary/aromatic N) is 2. The molecule has 1 aromatic carbocycles. The van der Waals surface area contributed by atoms with Gasteiger partial charge in [-0.3, -0.25) is 9.78 Å². The molecule has 1 aromatic heterocycles. The molecule has 0 aliphatic carbocycles. The summed E-state index contributed by atoms with van der Waals surface area (Å²) >= 11 is 0. The molecule has 7 heteroatoms. The number of likely N-dealkylation sites (tertiary alicyclic amines) is 1. The van der Waals surface area contributed by atoms with Crippen molar-refractivity contribution in [3.63, 3.8) is 0 Å². The monoisotopic (exact) mass is 322 g/mol. The second kappa shape index (κ2) is 5.64. The van der Waals surface area contributed by atoms with Crippen LogP contribution in [0.3, 0.4) is 0 Å². The van der Waals surface area contributed by atoms with E-state index in [1.54, 1.807) is 12.4 Å². The predicted molar refractivity (Wildman–Crippen MR) is 80.5 cm³/mol. The lowest BCUT2D eigenvalue weighted by molar-refractivity contribution is -0.127. The maximum absolute atomic E-state index is 13.0. The molecule has 1 aliphatic heterocycles. The van der Waals surface area contributed by atoms with Crippen molar-refractivity contribution in [2.24, 2.45) is 0 Å². The van der Waals surface area contributed by atoms with Crippen LogP contribution in [-0.2, 0) is 21.4 Å². The number of pyridine rings is 1. The summed E-state index contributed by atoms with van der Waals surface area (Å²) in [6.45, 7) is 0.316. The van der Waals surface area contributed by atoms with Crippen LogP contribution in [0.15, 0.2) is 36.7 Å². The number of rotatable bonds is 4. The Morgan fingerprint density at radius 1 is 1.32 bits per heavy atom. The van der Waals surface area contributed by atoms with Crippen LogP contribution in [0.25, 0.3) is 10.8 Å². The highest BCUT2D eigenvalue weighted by Crippen LogP contribution is 2.22. The van der Waals surface area contributed by atoms with Crippen molar-refractivity contribution < 1.29 is 17.1 Å². The van der Waals surface area contributed by atoms with Crippen LogP contribution in [0.4, 0.5) is 3.89 Å². The van der Waals surface area contributed by atoms with E-state index in [9.17, 15) is 17.1 Å². The molecule has 1 amide bonds. The molecule has 0 N–H and O–H groups in total. The average Bonchev–Trinajstić information content (AvgIpc) is 2.86. The summed E-state index contributed by atoms with van der Waals surface area (Å²) in [4.78, 5) is 17.3. The summed E-state index contributed by atoms with van der Waals surface area (Å²) in [5.41, 5.74) is 1.05. The molecule has 1 fully saturated rings. The van der Waals surface area contributed by atoms with Gasteiger partial charge in [0.15, 0.2) is 0 Å². The quantitative estimate of drug-likeness (QED) is 0.803. The van der Waals surface area contributed by atoms with Crippen LogP contribution in [0.5, 0.6) is 0 Å². The molecule has 2 heterocycles. The van der Waals surface area contributed by atoms with Crippen LogP contribution in [-0.4, -0.2) is 42.5 Å². The van der Waals surface area contributed by atoms with E-state index >= 15 is 0 Å². The number of hydrogen-bond acceptors (Lipinski definition) is 4. The smallest absolute Gasteiger partial charge is 0.307 e. The van der Waals surface area contributed by atoms with Crippen LogP contribution in [0.2, 0.25) is 0 Å². The van der Waals surface area contributed by atoms with Gasteiger partial charge in [0.2, 0.25) is 5.91 Å². The molecule has 1 saturated heterocycles. The Morgan fingerprint density at radius 2 is 2.14 bits per heavy atom. The minimum absolute atomic E-state index is 0.0655. The fraction of sp³-hybridized carbons (Fsp3) is 0.333. The molecule has 1 unspecified atom stereocenters. The van der Waals surface area contributed by atoms with Crippen molar-refractivity contribution in [1.82, 2.24) is 9.88 Å². The summed E-state index contributed by atoms with van der Waals surface area (Å²) in [7, 11) is -4.66. The number of amides is 1. The van der Waals surface area contributed by atoms with Gasteiger partial charge in [0.05, 0.1) is 0 Å². The standard InChI is InChI=1S/C15H15FN2O3S/c16-22(20,21)13-8-15(19)18(10-13)7-5-11-2-1-3-12-9-17-6-4-14(11)12/h1-4,6,9,13H,5,7-8,10H2. The Bertz CT molecular complexity index is 817. The number of halogens is 1. The molecule has 0 spiro atoms. The second-order valence-electron chi connectivity index (χ2n) is 5.41. The first-order valence-corrected chi connectivity index (χ1v) is 8.42. The molecule has 0 bridgehead atoms. The summed E-state index contributed by atoms with van der Waals surface area (Å²) in [5.74, 6) is -0.312. The SMILES string of the molecule is O=C1CC(S(=O)(=O)F)CN1CCc1cccc2cnccc12. The zero-order valence-corrected chi connectivity index (χ0v) is 12.6. The first kappa shape index (κ1) is 14.9. The Balaban J connectivity index is 1.74. The molecular weight excluding hydrogens is 307 g/mol. The molecule has 0 saturated carbocycles. The van der Waals surface area contributed by atoms with E-state index in [4.69, 9.17) is 0 Å². The van der Waals surface area contributed by atoms with E-state index in [0.717, 1.165) is 16.3 Å². The lowest BCUT2D eigenvalue weighted by atomic mass is 10.0. The molecule has 2 aromatic rings. The number of fused-ring (bicyclic) bond motifs is 1. The fourth-order valence-electron chi connectivity index (χ4n) is 2.80. The van der Waals surface area contributed by atoms with E-state index in [0.29, 0.717) is 13.0 Å². The van der Waals surface area contributed by atoms with Gasteiger partial charge in [-0.15, -0.1) is 3.89 Å². The van der Waals surface area contributed by atoms with E-state index in [1.807, 2.05) is 24.3 Å². The highest BCUT2D eigenvalue weighted by Gasteiger charge is 2.38. The lowest BCUT2D eigenvalue weighted by Gasteiger charge is -2.16. The maximum Gasteiger partial charge on any atom is 0.307 e. The van der Waals surface area contributed by atoms with Gasteiger partial charge in [-0.25, -0.2) is 0 Å². The van der Waals surface area contributed by atoms with Crippen molar-refractivity contribution in [3.8, 4) is 0 Å². The Kier molecular flexibility index (Phi) is 3.82. The zero-order chi connectivity index (χ0) is 15.7. The van der Waals surface area contributed by atoms with Crippen molar-refractivity contribution in [1.29, 1.82) is 0 Å². The summed E-state index contributed by atoms with van der Waals surface area (Å²) in [6.07, 6.45) is 3.80. The first-order chi connectivity index (χ1) is 10.4. The Hall–Kier alpha value is -2.02. The molecule has 22 heavy (non-hydrogen) atoms. The Morgan fingerprint density at radius 3 is 2.86 bits per heavy atom. The van der Waals surface area contributed by atoms with Crippen molar-refractivity contribution in [3.05, 3.63) is 42.2 Å². The van der Waals surface area contributed by atoms with Crippen molar-refractivity contribution in [2.45, 2.75) is 18.1 Å². The fourth-order valence-corrected chi connectivity index (χ4v) is 3.50. The van der Waals surface area contributed by atoms with E-state index in [-0.39, 0.29) is 18.9 Å². The molecule has 3 rings (SSSR count). The maximum atomic E-state index is 13.0. The van der Waals surface area contributed by atoms with Gasteiger partial charge >= 0.3 is 10.2 Å². The molecule has 5 nitrogen and oxygen atoms in total. The highest BCUT2D eigenvalue weighted by molar-refractivity contribution is 7.87. The molecule has 1 aliphatic rings. The van der Waals surface area contributed by atoms with Crippen molar-refractivity contribution >= 4 is 26.9 Å².